The van der Waals surface area contributed by atoms with E-state index in [1.54, 1.807) is 12.1 Å². The first-order valence-corrected chi connectivity index (χ1v) is 11.2. The molecule has 4 unspecified atom stereocenters. The molecule has 1 saturated heterocycles. The van der Waals surface area contributed by atoms with Crippen molar-refractivity contribution in [1.29, 1.82) is 0 Å². The van der Waals surface area contributed by atoms with Gasteiger partial charge in [-0.15, -0.1) is 0 Å². The quantitative estimate of drug-likeness (QED) is 0.276. The Morgan fingerprint density at radius 2 is 1.67 bits per heavy atom. The van der Waals surface area contributed by atoms with Crippen LogP contribution in [0.25, 0.3) is 0 Å². The fraction of sp³-hybridized carbons (Fsp3) is 0.565. The highest BCUT2D eigenvalue weighted by molar-refractivity contribution is 5.94. The van der Waals surface area contributed by atoms with Gasteiger partial charge in [0.25, 0.3) is 0 Å². The second-order valence-corrected chi connectivity index (χ2v) is 8.84. The van der Waals surface area contributed by atoms with Crippen LogP contribution in [0.4, 0.5) is 0 Å². The Bertz CT molecular complexity index is 836. The lowest BCUT2D eigenvalue weighted by molar-refractivity contribution is -0.142. The first kappa shape index (κ1) is 26.1. The minimum Gasteiger partial charge on any atom is -0.508 e. The summed E-state index contributed by atoms with van der Waals surface area (Å²) in [5, 5.41) is 29.7. The molecule has 1 fully saturated rings. The molecule has 0 bridgehead atoms. The van der Waals surface area contributed by atoms with E-state index in [4.69, 9.17) is 0 Å². The molecule has 0 saturated carbocycles. The van der Waals surface area contributed by atoms with Gasteiger partial charge < -0.3 is 31.5 Å². The van der Waals surface area contributed by atoms with Crippen molar-refractivity contribution in [3.8, 4) is 5.75 Å². The number of benzene rings is 1. The van der Waals surface area contributed by atoms with Crippen molar-refractivity contribution in [2.75, 3.05) is 6.54 Å². The van der Waals surface area contributed by atoms with Crippen molar-refractivity contribution in [3.05, 3.63) is 29.8 Å². The average molecular weight is 463 g/mol. The maximum absolute atomic E-state index is 13.0. The number of carboxylic acids is 1. The summed E-state index contributed by atoms with van der Waals surface area (Å²) in [6, 6.07) is 2.87. The van der Waals surface area contributed by atoms with Crippen LogP contribution in [0.5, 0.6) is 5.75 Å². The molecular weight excluding hydrogens is 428 g/mol. The summed E-state index contributed by atoms with van der Waals surface area (Å²) in [5.74, 6) is -2.48. The molecule has 0 spiro atoms. The number of carbonyl (C=O) groups is 4. The van der Waals surface area contributed by atoms with E-state index in [0.29, 0.717) is 12.0 Å². The molecule has 0 aliphatic carbocycles. The van der Waals surface area contributed by atoms with E-state index in [1.165, 1.54) is 19.1 Å². The summed E-state index contributed by atoms with van der Waals surface area (Å²) in [7, 11) is 0. The van der Waals surface area contributed by atoms with Crippen molar-refractivity contribution < 1.29 is 29.4 Å². The normalized spacial score (nSPS) is 18.2. The molecule has 6 N–H and O–H groups in total. The number of hydrogen-bond acceptors (Lipinski definition) is 6. The van der Waals surface area contributed by atoms with Crippen molar-refractivity contribution in [1.82, 2.24) is 21.3 Å². The SMILES string of the molecule is CC(C)CC(NC(=O)C(C)NC(=O)C(Cc1ccc(O)cc1)NC(=O)C1CCCN1)C(=O)O. The van der Waals surface area contributed by atoms with Crippen LogP contribution in [0.2, 0.25) is 0 Å². The Balaban J connectivity index is 2.06. The van der Waals surface area contributed by atoms with E-state index in [2.05, 4.69) is 21.3 Å². The maximum atomic E-state index is 13.0. The highest BCUT2D eigenvalue weighted by atomic mass is 16.4. The van der Waals surface area contributed by atoms with E-state index >= 15 is 0 Å². The van der Waals surface area contributed by atoms with Crippen LogP contribution in [0.15, 0.2) is 24.3 Å². The Morgan fingerprint density at radius 1 is 1.00 bits per heavy atom. The van der Waals surface area contributed by atoms with E-state index in [1.807, 2.05) is 13.8 Å². The van der Waals surface area contributed by atoms with E-state index in [-0.39, 0.29) is 36.5 Å². The number of rotatable bonds is 11. The summed E-state index contributed by atoms with van der Waals surface area (Å²) in [4.78, 5) is 49.5. The number of phenolic OH excluding ortho intramolecular Hbond substituents is 1. The number of aliphatic carboxylic acids is 1. The molecule has 0 aromatic heterocycles. The van der Waals surface area contributed by atoms with Gasteiger partial charge in [0, 0.05) is 6.42 Å². The zero-order chi connectivity index (χ0) is 24.5. The standard InChI is InChI=1S/C23H34N4O6/c1-13(2)11-19(23(32)33)27-20(29)14(3)25-22(31)18(12-15-6-8-16(28)9-7-15)26-21(30)17-5-4-10-24-17/h6-9,13-14,17-19,24,28H,4-5,10-12H2,1-3H3,(H,25,31)(H,26,30)(H,27,29)(H,32,33). The van der Waals surface area contributed by atoms with Crippen LogP contribution in [0.3, 0.4) is 0 Å². The van der Waals surface area contributed by atoms with Crippen LogP contribution in [-0.4, -0.2) is 64.6 Å². The number of carbonyl (C=O) groups excluding carboxylic acids is 3. The van der Waals surface area contributed by atoms with Crippen molar-refractivity contribution in [2.45, 2.75) is 70.6 Å². The fourth-order valence-corrected chi connectivity index (χ4v) is 3.63. The molecule has 1 aliphatic rings. The molecule has 2 rings (SSSR count). The van der Waals surface area contributed by atoms with Gasteiger partial charge in [0.1, 0.15) is 23.9 Å². The molecule has 33 heavy (non-hydrogen) atoms. The highest BCUT2D eigenvalue weighted by Crippen LogP contribution is 2.13. The monoisotopic (exact) mass is 462 g/mol. The van der Waals surface area contributed by atoms with Gasteiger partial charge in [0.05, 0.1) is 6.04 Å². The van der Waals surface area contributed by atoms with E-state index < -0.39 is 35.9 Å². The number of hydrogen-bond donors (Lipinski definition) is 6. The van der Waals surface area contributed by atoms with Gasteiger partial charge in [-0.25, -0.2) is 4.79 Å². The summed E-state index contributed by atoms with van der Waals surface area (Å²) in [6.45, 7) is 5.89. The third kappa shape index (κ3) is 8.38. The highest BCUT2D eigenvalue weighted by Gasteiger charge is 2.30. The van der Waals surface area contributed by atoms with Crippen molar-refractivity contribution >= 4 is 23.7 Å². The van der Waals surface area contributed by atoms with Crippen LogP contribution in [-0.2, 0) is 25.6 Å². The fourth-order valence-electron chi connectivity index (χ4n) is 3.63. The first-order chi connectivity index (χ1) is 15.6. The molecular formula is C23H34N4O6. The Hall–Kier alpha value is -3.14. The molecule has 1 aliphatic heterocycles. The minimum absolute atomic E-state index is 0.0606. The molecule has 10 heteroatoms. The average Bonchev–Trinajstić information content (AvgIpc) is 3.28. The van der Waals surface area contributed by atoms with Gasteiger partial charge in [-0.2, -0.15) is 0 Å². The molecule has 0 radical (unpaired) electrons. The minimum atomic E-state index is -1.14. The Morgan fingerprint density at radius 3 is 2.21 bits per heavy atom. The largest absolute Gasteiger partial charge is 0.508 e. The van der Waals surface area contributed by atoms with Crippen LogP contribution in [0.1, 0.15) is 45.6 Å². The lowest BCUT2D eigenvalue weighted by atomic mass is 10.0. The Kier molecular flexibility index (Phi) is 9.65. The summed E-state index contributed by atoms with van der Waals surface area (Å²) >= 11 is 0. The number of carboxylic acid groups (broad SMARTS) is 1. The predicted octanol–water partition coefficient (Wildman–Crippen LogP) is 0.292. The molecule has 4 atom stereocenters. The molecule has 1 aromatic rings. The van der Waals surface area contributed by atoms with Crippen LogP contribution in [0, 0.1) is 5.92 Å². The van der Waals surface area contributed by atoms with Gasteiger partial charge in [0.2, 0.25) is 17.7 Å². The number of aromatic hydroxyl groups is 1. The Labute approximate surface area is 193 Å². The molecule has 10 nitrogen and oxygen atoms in total. The second-order valence-electron chi connectivity index (χ2n) is 8.84. The zero-order valence-corrected chi connectivity index (χ0v) is 19.3. The topological polar surface area (TPSA) is 157 Å². The third-order valence-corrected chi connectivity index (χ3v) is 5.46. The number of amides is 3. The lowest BCUT2D eigenvalue weighted by Crippen LogP contribution is -2.56. The summed E-state index contributed by atoms with van der Waals surface area (Å²) in [5.41, 5.74) is 0.715. The zero-order valence-electron chi connectivity index (χ0n) is 19.3. The van der Waals surface area contributed by atoms with Crippen LogP contribution >= 0.6 is 0 Å². The smallest absolute Gasteiger partial charge is 0.326 e. The number of phenols is 1. The van der Waals surface area contributed by atoms with E-state index in [9.17, 15) is 29.4 Å². The maximum Gasteiger partial charge on any atom is 0.326 e. The van der Waals surface area contributed by atoms with Gasteiger partial charge in [0.15, 0.2) is 0 Å². The molecule has 1 aromatic carbocycles. The van der Waals surface area contributed by atoms with E-state index in [0.717, 1.165) is 13.0 Å². The lowest BCUT2D eigenvalue weighted by Gasteiger charge is -2.24. The van der Waals surface area contributed by atoms with Crippen molar-refractivity contribution in [2.24, 2.45) is 5.92 Å². The van der Waals surface area contributed by atoms with Gasteiger partial charge in [-0.05, 0) is 56.3 Å². The van der Waals surface area contributed by atoms with Gasteiger partial charge >= 0.3 is 5.97 Å². The van der Waals surface area contributed by atoms with Gasteiger partial charge in [-0.1, -0.05) is 26.0 Å². The van der Waals surface area contributed by atoms with Crippen molar-refractivity contribution in [3.63, 3.8) is 0 Å². The molecule has 1 heterocycles. The van der Waals surface area contributed by atoms with Crippen LogP contribution < -0.4 is 21.3 Å². The molecule has 182 valence electrons. The first-order valence-electron chi connectivity index (χ1n) is 11.2. The second kappa shape index (κ2) is 12.2. The molecule has 3 amide bonds. The van der Waals surface area contributed by atoms with Gasteiger partial charge in [-0.3, -0.25) is 14.4 Å². The summed E-state index contributed by atoms with van der Waals surface area (Å²) < 4.78 is 0. The summed E-state index contributed by atoms with van der Waals surface area (Å²) in [6.07, 6.45) is 1.95. The number of nitrogens with one attached hydrogen (secondary N) is 4. The third-order valence-electron chi connectivity index (χ3n) is 5.46. The predicted molar refractivity (Wildman–Crippen MR) is 121 cm³/mol.